The Morgan fingerprint density at radius 3 is 2.25 bits per heavy atom. The molecule has 0 aliphatic carbocycles. The molecule has 2 heteroatoms. The van der Waals surface area contributed by atoms with Gasteiger partial charge in [-0.3, -0.25) is 0 Å². The average Bonchev–Trinajstić information content (AvgIpc) is 2.10. The fraction of sp³-hybridized carbons (Fsp3) is 1.00. The van der Waals surface area contributed by atoms with Crippen molar-refractivity contribution in [2.45, 2.75) is 45.4 Å². The van der Waals surface area contributed by atoms with E-state index in [1.54, 1.807) is 0 Å². The van der Waals surface area contributed by atoms with E-state index in [4.69, 9.17) is 10.2 Å². The molecule has 0 saturated heterocycles. The summed E-state index contributed by atoms with van der Waals surface area (Å²) >= 11 is 0. The molecule has 0 aliphatic rings. The van der Waals surface area contributed by atoms with Crippen LogP contribution >= 0.6 is 0 Å². The summed E-state index contributed by atoms with van der Waals surface area (Å²) in [7, 11) is 0. The summed E-state index contributed by atoms with van der Waals surface area (Å²) < 4.78 is 0. The second-order valence-electron chi connectivity index (χ2n) is 3.41. The van der Waals surface area contributed by atoms with Gasteiger partial charge in [-0.05, 0) is 18.8 Å². The third kappa shape index (κ3) is 6.62. The summed E-state index contributed by atoms with van der Waals surface area (Å²) in [5.41, 5.74) is 0. The largest absolute Gasteiger partial charge is 0.396 e. The SMILES string of the molecule is CCCCCC[C@H](CO)CCO. The van der Waals surface area contributed by atoms with Crippen molar-refractivity contribution in [3.8, 4) is 0 Å². The van der Waals surface area contributed by atoms with Crippen LogP contribution in [0.5, 0.6) is 0 Å². The van der Waals surface area contributed by atoms with E-state index in [-0.39, 0.29) is 13.2 Å². The Labute approximate surface area is 75.6 Å². The van der Waals surface area contributed by atoms with Crippen molar-refractivity contribution in [3.63, 3.8) is 0 Å². The minimum Gasteiger partial charge on any atom is -0.396 e. The summed E-state index contributed by atoms with van der Waals surface area (Å²) in [5.74, 6) is 0.326. The molecule has 0 aromatic rings. The molecule has 0 bridgehead atoms. The molecule has 74 valence electrons. The van der Waals surface area contributed by atoms with Gasteiger partial charge >= 0.3 is 0 Å². The predicted octanol–water partition coefficient (Wildman–Crippen LogP) is 1.95. The molecule has 0 rings (SSSR count). The van der Waals surface area contributed by atoms with Crippen LogP contribution in [0.2, 0.25) is 0 Å². The van der Waals surface area contributed by atoms with E-state index in [9.17, 15) is 0 Å². The van der Waals surface area contributed by atoms with Gasteiger partial charge in [-0.25, -0.2) is 0 Å². The van der Waals surface area contributed by atoms with Crippen LogP contribution in [0, 0.1) is 5.92 Å². The summed E-state index contributed by atoms with van der Waals surface area (Å²) in [6.07, 6.45) is 6.82. The van der Waals surface area contributed by atoms with Crippen molar-refractivity contribution >= 4 is 0 Å². The quantitative estimate of drug-likeness (QED) is 0.552. The van der Waals surface area contributed by atoms with Crippen molar-refractivity contribution in [1.82, 2.24) is 0 Å². The van der Waals surface area contributed by atoms with E-state index in [0.717, 1.165) is 12.8 Å². The maximum Gasteiger partial charge on any atom is 0.0460 e. The summed E-state index contributed by atoms with van der Waals surface area (Å²) in [6, 6.07) is 0. The lowest BCUT2D eigenvalue weighted by atomic mass is 9.99. The molecule has 0 aromatic carbocycles. The van der Waals surface area contributed by atoms with Gasteiger partial charge in [0.2, 0.25) is 0 Å². The normalized spacial score (nSPS) is 13.2. The van der Waals surface area contributed by atoms with Gasteiger partial charge in [-0.15, -0.1) is 0 Å². The monoisotopic (exact) mass is 174 g/mol. The van der Waals surface area contributed by atoms with Crippen molar-refractivity contribution < 1.29 is 10.2 Å². The number of hydrogen-bond donors (Lipinski definition) is 2. The van der Waals surface area contributed by atoms with E-state index in [1.807, 2.05) is 0 Å². The van der Waals surface area contributed by atoms with Crippen LogP contribution in [0.1, 0.15) is 45.4 Å². The molecule has 0 spiro atoms. The topological polar surface area (TPSA) is 40.5 Å². The van der Waals surface area contributed by atoms with Gasteiger partial charge in [0.15, 0.2) is 0 Å². The summed E-state index contributed by atoms with van der Waals surface area (Å²) in [6.45, 7) is 2.63. The van der Waals surface area contributed by atoms with Gasteiger partial charge in [-0.1, -0.05) is 32.6 Å². The molecule has 2 nitrogen and oxygen atoms in total. The van der Waals surface area contributed by atoms with E-state index in [0.29, 0.717) is 5.92 Å². The third-order valence-electron chi connectivity index (χ3n) is 2.26. The van der Waals surface area contributed by atoms with E-state index in [1.165, 1.54) is 25.7 Å². The molecule has 0 fully saturated rings. The standard InChI is InChI=1S/C10H22O2/c1-2-3-4-5-6-10(9-12)7-8-11/h10-12H,2-9H2,1H3/t10-/m0/s1. The molecule has 0 heterocycles. The highest BCUT2D eigenvalue weighted by atomic mass is 16.3. The molecular formula is C10H22O2. The Balaban J connectivity index is 3.19. The van der Waals surface area contributed by atoms with Gasteiger partial charge in [-0.2, -0.15) is 0 Å². The van der Waals surface area contributed by atoms with Crippen molar-refractivity contribution in [1.29, 1.82) is 0 Å². The average molecular weight is 174 g/mol. The number of aliphatic hydroxyl groups is 2. The molecule has 0 unspecified atom stereocenters. The van der Waals surface area contributed by atoms with Crippen LogP contribution in [0.25, 0.3) is 0 Å². The number of rotatable bonds is 8. The highest BCUT2D eigenvalue weighted by molar-refractivity contribution is 4.57. The number of hydrogen-bond acceptors (Lipinski definition) is 2. The van der Waals surface area contributed by atoms with Crippen LogP contribution in [-0.4, -0.2) is 23.4 Å². The zero-order valence-corrected chi connectivity index (χ0v) is 8.13. The number of unbranched alkanes of at least 4 members (excludes halogenated alkanes) is 3. The maximum absolute atomic E-state index is 8.90. The first-order valence-corrected chi connectivity index (χ1v) is 5.06. The number of aliphatic hydroxyl groups excluding tert-OH is 2. The van der Waals surface area contributed by atoms with Gasteiger partial charge < -0.3 is 10.2 Å². The van der Waals surface area contributed by atoms with Crippen molar-refractivity contribution in [2.24, 2.45) is 5.92 Å². The molecular weight excluding hydrogens is 152 g/mol. The van der Waals surface area contributed by atoms with Crippen molar-refractivity contribution in [2.75, 3.05) is 13.2 Å². The van der Waals surface area contributed by atoms with Crippen LogP contribution in [0.4, 0.5) is 0 Å². The first kappa shape index (κ1) is 11.9. The van der Waals surface area contributed by atoms with Gasteiger partial charge in [0.1, 0.15) is 0 Å². The van der Waals surface area contributed by atoms with Gasteiger partial charge in [0.25, 0.3) is 0 Å². The smallest absolute Gasteiger partial charge is 0.0460 e. The highest BCUT2D eigenvalue weighted by Gasteiger charge is 2.05. The molecule has 0 saturated carbocycles. The lowest BCUT2D eigenvalue weighted by Crippen LogP contribution is -2.07. The molecule has 0 amide bonds. The van der Waals surface area contributed by atoms with Crippen LogP contribution in [0.15, 0.2) is 0 Å². The Bertz CT molecular complexity index is 83.9. The molecule has 0 aliphatic heterocycles. The van der Waals surface area contributed by atoms with Crippen LogP contribution in [-0.2, 0) is 0 Å². The third-order valence-corrected chi connectivity index (χ3v) is 2.26. The maximum atomic E-state index is 8.90. The zero-order valence-electron chi connectivity index (χ0n) is 8.13. The lowest BCUT2D eigenvalue weighted by molar-refractivity contribution is 0.174. The van der Waals surface area contributed by atoms with Gasteiger partial charge in [0, 0.05) is 13.2 Å². The molecule has 2 N–H and O–H groups in total. The van der Waals surface area contributed by atoms with E-state index >= 15 is 0 Å². The summed E-state index contributed by atoms with van der Waals surface area (Å²) in [5, 5.41) is 17.6. The highest BCUT2D eigenvalue weighted by Crippen LogP contribution is 2.13. The fourth-order valence-corrected chi connectivity index (χ4v) is 1.37. The molecule has 0 aromatic heterocycles. The Hall–Kier alpha value is -0.0800. The summed E-state index contributed by atoms with van der Waals surface area (Å²) in [4.78, 5) is 0. The Kier molecular flexibility index (Phi) is 8.95. The Morgan fingerprint density at radius 1 is 1.00 bits per heavy atom. The van der Waals surface area contributed by atoms with E-state index < -0.39 is 0 Å². The molecule has 1 atom stereocenters. The van der Waals surface area contributed by atoms with Crippen LogP contribution in [0.3, 0.4) is 0 Å². The van der Waals surface area contributed by atoms with Crippen molar-refractivity contribution in [3.05, 3.63) is 0 Å². The first-order valence-electron chi connectivity index (χ1n) is 5.06. The zero-order chi connectivity index (χ0) is 9.23. The second-order valence-corrected chi connectivity index (χ2v) is 3.41. The second kappa shape index (κ2) is 9.01. The predicted molar refractivity (Wildman–Crippen MR) is 51.0 cm³/mol. The minimum atomic E-state index is 0.207. The molecule has 0 radical (unpaired) electrons. The Morgan fingerprint density at radius 2 is 1.75 bits per heavy atom. The fourth-order valence-electron chi connectivity index (χ4n) is 1.37. The molecule has 12 heavy (non-hydrogen) atoms. The van der Waals surface area contributed by atoms with Crippen LogP contribution < -0.4 is 0 Å². The first-order chi connectivity index (χ1) is 5.85. The minimum absolute atomic E-state index is 0.207. The van der Waals surface area contributed by atoms with Gasteiger partial charge in [0.05, 0.1) is 0 Å². The lowest BCUT2D eigenvalue weighted by Gasteiger charge is -2.11. The van der Waals surface area contributed by atoms with E-state index in [2.05, 4.69) is 6.92 Å².